The number of nitrogens with one attached hydrogen (secondary N) is 2. The third-order valence-electron chi connectivity index (χ3n) is 8.95. The van der Waals surface area contributed by atoms with Crippen molar-refractivity contribution in [1.82, 2.24) is 25.1 Å². The number of nitrogen functional groups attached to an aromatic ring is 1. The van der Waals surface area contributed by atoms with Crippen molar-refractivity contribution in [3.8, 4) is 0 Å². The van der Waals surface area contributed by atoms with Gasteiger partial charge in [0, 0.05) is 64.0 Å². The maximum Gasteiger partial charge on any atom is 0.410 e. The molecule has 260 valence electrons. The second kappa shape index (κ2) is 16.2. The second-order valence-corrected chi connectivity index (χ2v) is 15.3. The summed E-state index contributed by atoms with van der Waals surface area (Å²) < 4.78 is 11.6. The van der Waals surface area contributed by atoms with Gasteiger partial charge in [-0.05, 0) is 92.4 Å². The molecule has 2 amide bonds. The number of anilines is 3. The smallest absolute Gasteiger partial charge is 0.410 e. The van der Waals surface area contributed by atoms with Crippen molar-refractivity contribution in [2.75, 3.05) is 61.8 Å². The molecule has 2 aliphatic carbocycles. The van der Waals surface area contributed by atoms with Crippen LogP contribution in [0.25, 0.3) is 0 Å². The number of ether oxygens (including phenoxy) is 2. The van der Waals surface area contributed by atoms with E-state index in [4.69, 9.17) is 20.2 Å². The van der Waals surface area contributed by atoms with Crippen LogP contribution in [0.5, 0.6) is 0 Å². The molecule has 0 spiro atoms. The molecule has 0 bridgehead atoms. The van der Waals surface area contributed by atoms with Crippen LogP contribution < -0.4 is 21.3 Å². The second-order valence-electron chi connectivity index (χ2n) is 15.3. The monoisotopic (exact) mass is 644 g/mol. The predicted octanol–water partition coefficient (Wildman–Crippen LogP) is 5.64. The number of nitrogens with zero attached hydrogens (tertiary/aromatic N) is 5. The number of carbonyl (C=O) groups is 2. The number of rotatable bonds is 10. The minimum absolute atomic E-state index is 0.193. The first kappa shape index (κ1) is 35.8. The summed E-state index contributed by atoms with van der Waals surface area (Å²) in [6.07, 6.45) is 9.51. The molecule has 46 heavy (non-hydrogen) atoms. The van der Waals surface area contributed by atoms with Gasteiger partial charge in [-0.25, -0.2) is 9.59 Å². The molecule has 0 radical (unpaired) electrons. The normalized spacial score (nSPS) is 21.4. The van der Waals surface area contributed by atoms with Crippen LogP contribution in [0.1, 0.15) is 106 Å². The Bertz CT molecular complexity index is 1120. The number of nitrogens with two attached hydrogens (primary N) is 1. The van der Waals surface area contributed by atoms with Crippen LogP contribution in [-0.4, -0.2) is 101 Å². The van der Waals surface area contributed by atoms with Crippen molar-refractivity contribution in [3.05, 3.63) is 6.07 Å². The summed E-state index contributed by atoms with van der Waals surface area (Å²) in [7, 11) is 0. The molecule has 1 aromatic rings. The maximum absolute atomic E-state index is 13.4. The molecule has 1 saturated heterocycles. The van der Waals surface area contributed by atoms with Crippen molar-refractivity contribution >= 4 is 29.8 Å². The Kier molecular flexibility index (Phi) is 12.6. The lowest BCUT2D eigenvalue weighted by Crippen LogP contribution is -2.46. The predicted molar refractivity (Wildman–Crippen MR) is 183 cm³/mol. The van der Waals surface area contributed by atoms with Gasteiger partial charge in [-0.2, -0.15) is 9.97 Å². The fourth-order valence-electron chi connectivity index (χ4n) is 6.71. The summed E-state index contributed by atoms with van der Waals surface area (Å²) in [4.78, 5) is 41.9. The first-order chi connectivity index (χ1) is 21.8. The molecule has 4 rings (SSSR count). The minimum atomic E-state index is -0.581. The van der Waals surface area contributed by atoms with E-state index >= 15 is 0 Å². The number of aromatic nitrogens is 2. The fourth-order valence-corrected chi connectivity index (χ4v) is 6.71. The molecular formula is C34H60N8O4. The summed E-state index contributed by atoms with van der Waals surface area (Å²) in [6.45, 7) is 16.8. The molecular weight excluding hydrogens is 584 g/mol. The Morgan fingerprint density at radius 3 is 2.17 bits per heavy atom. The van der Waals surface area contributed by atoms with Crippen molar-refractivity contribution in [2.45, 2.75) is 129 Å². The van der Waals surface area contributed by atoms with Crippen LogP contribution in [0, 0.1) is 5.92 Å². The topological polar surface area (TPSA) is 138 Å². The molecule has 3 aliphatic rings. The molecule has 3 fully saturated rings. The molecule has 2 saturated carbocycles. The van der Waals surface area contributed by atoms with Gasteiger partial charge in [0.25, 0.3) is 0 Å². The highest BCUT2D eigenvalue weighted by molar-refractivity contribution is 5.69. The largest absolute Gasteiger partial charge is 0.444 e. The van der Waals surface area contributed by atoms with Gasteiger partial charge in [0.05, 0.1) is 0 Å². The zero-order valence-electron chi connectivity index (χ0n) is 29.3. The first-order valence-electron chi connectivity index (χ1n) is 17.6. The fraction of sp³-hybridized carbons (Fsp3) is 0.824. The number of amides is 2. The summed E-state index contributed by atoms with van der Waals surface area (Å²) >= 11 is 0. The van der Waals surface area contributed by atoms with Crippen LogP contribution in [0.4, 0.5) is 27.2 Å². The highest BCUT2D eigenvalue weighted by Gasteiger charge is 2.31. The summed E-state index contributed by atoms with van der Waals surface area (Å²) in [5.74, 6) is 2.29. The van der Waals surface area contributed by atoms with Crippen LogP contribution in [0.15, 0.2) is 6.07 Å². The first-order valence-corrected chi connectivity index (χ1v) is 17.6. The van der Waals surface area contributed by atoms with E-state index in [2.05, 4.69) is 20.5 Å². The quantitative estimate of drug-likeness (QED) is 0.294. The van der Waals surface area contributed by atoms with Gasteiger partial charge in [0.2, 0.25) is 5.95 Å². The highest BCUT2D eigenvalue weighted by atomic mass is 16.6. The summed E-state index contributed by atoms with van der Waals surface area (Å²) in [5.41, 5.74) is 5.02. The summed E-state index contributed by atoms with van der Waals surface area (Å²) in [5, 5.41) is 6.91. The SMILES string of the molecule is CC(C)(C)OC(=O)N(CCCN(C(=O)OC(C)(C)C)C1CCCCC1)CC1CCC(Nc2nc(N)cc(N3CCNCC3)n2)CC1. The van der Waals surface area contributed by atoms with Gasteiger partial charge in [0.15, 0.2) is 0 Å². The number of hydrogen-bond acceptors (Lipinski definition) is 10. The molecule has 0 unspecified atom stereocenters. The van der Waals surface area contributed by atoms with E-state index in [-0.39, 0.29) is 24.3 Å². The maximum atomic E-state index is 13.4. The number of piperazine rings is 1. The Hall–Kier alpha value is -3.02. The van der Waals surface area contributed by atoms with Gasteiger partial charge in [0.1, 0.15) is 22.8 Å². The van der Waals surface area contributed by atoms with E-state index in [0.717, 1.165) is 83.4 Å². The minimum Gasteiger partial charge on any atom is -0.444 e. The van der Waals surface area contributed by atoms with E-state index in [0.29, 0.717) is 43.7 Å². The lowest BCUT2D eigenvalue weighted by atomic mass is 9.85. The molecule has 12 nitrogen and oxygen atoms in total. The van der Waals surface area contributed by atoms with E-state index in [1.54, 1.807) is 0 Å². The molecule has 2 heterocycles. The zero-order valence-corrected chi connectivity index (χ0v) is 29.3. The average Bonchev–Trinajstić information content (AvgIpc) is 2.98. The van der Waals surface area contributed by atoms with Crippen molar-refractivity contribution in [1.29, 1.82) is 0 Å². The highest BCUT2D eigenvalue weighted by Crippen LogP contribution is 2.29. The van der Waals surface area contributed by atoms with Gasteiger partial charge < -0.3 is 40.5 Å². The van der Waals surface area contributed by atoms with Crippen molar-refractivity contribution < 1.29 is 19.1 Å². The molecule has 4 N–H and O–H groups in total. The van der Waals surface area contributed by atoms with E-state index in [1.807, 2.05) is 57.4 Å². The standard InChI is InChI=1S/C34H60N8O4/c1-33(2,3)45-31(43)41(19-10-20-42(27-11-8-7-9-12-27)32(44)46-34(4,5)6)24-25-13-15-26(16-14-25)37-30-38-28(35)23-29(39-30)40-21-17-36-18-22-40/h23,25-27,36H,7-22,24H2,1-6H3,(H3,35,37,38,39). The van der Waals surface area contributed by atoms with Crippen LogP contribution >= 0.6 is 0 Å². The van der Waals surface area contributed by atoms with Gasteiger partial charge >= 0.3 is 12.2 Å². The van der Waals surface area contributed by atoms with Gasteiger partial charge in [-0.3, -0.25) is 0 Å². The van der Waals surface area contributed by atoms with E-state index in [1.165, 1.54) is 6.42 Å². The van der Waals surface area contributed by atoms with E-state index in [9.17, 15) is 9.59 Å². The van der Waals surface area contributed by atoms with Crippen molar-refractivity contribution in [3.63, 3.8) is 0 Å². The Balaban J connectivity index is 1.33. The Labute approximate surface area is 276 Å². The lowest BCUT2D eigenvalue weighted by molar-refractivity contribution is 0.00914. The van der Waals surface area contributed by atoms with Crippen LogP contribution in [-0.2, 0) is 9.47 Å². The zero-order chi connectivity index (χ0) is 33.3. The molecule has 1 aromatic heterocycles. The van der Waals surface area contributed by atoms with Gasteiger partial charge in [-0.1, -0.05) is 19.3 Å². The average molecular weight is 645 g/mol. The lowest BCUT2D eigenvalue weighted by Gasteiger charge is -2.37. The van der Waals surface area contributed by atoms with Crippen LogP contribution in [0.2, 0.25) is 0 Å². The molecule has 0 aromatic carbocycles. The third-order valence-corrected chi connectivity index (χ3v) is 8.95. The van der Waals surface area contributed by atoms with Crippen molar-refractivity contribution in [2.24, 2.45) is 5.92 Å². The molecule has 12 heteroatoms. The third kappa shape index (κ3) is 11.7. The Morgan fingerprint density at radius 1 is 0.913 bits per heavy atom. The van der Waals surface area contributed by atoms with Gasteiger partial charge in [-0.15, -0.1) is 0 Å². The number of hydrogen-bond donors (Lipinski definition) is 3. The summed E-state index contributed by atoms with van der Waals surface area (Å²) in [6, 6.07) is 2.29. The van der Waals surface area contributed by atoms with Crippen LogP contribution in [0.3, 0.4) is 0 Å². The van der Waals surface area contributed by atoms with E-state index < -0.39 is 11.2 Å². The molecule has 0 atom stereocenters. The molecule has 1 aliphatic heterocycles. The Morgan fingerprint density at radius 2 is 1.54 bits per heavy atom. The number of carbonyl (C=O) groups excluding carboxylic acids is 2.